The molecule has 0 aliphatic heterocycles. The van der Waals surface area contributed by atoms with Crippen LogP contribution >= 0.6 is 15.9 Å². The minimum atomic E-state index is -0.224. The van der Waals surface area contributed by atoms with Crippen molar-refractivity contribution in [3.05, 3.63) is 88.9 Å². The summed E-state index contributed by atoms with van der Waals surface area (Å²) >= 11 is 3.40. The SMILES string of the molecule is O=C(Nc1ccccc1-c1nc(-c2ccccc2)no1)c1ccccc1Br. The summed E-state index contributed by atoms with van der Waals surface area (Å²) < 4.78 is 6.16. The summed E-state index contributed by atoms with van der Waals surface area (Å²) in [4.78, 5) is 17.1. The fourth-order valence-electron chi connectivity index (χ4n) is 2.65. The first kappa shape index (κ1) is 17.2. The number of hydrogen-bond donors (Lipinski definition) is 1. The Morgan fingerprint density at radius 1 is 0.889 bits per heavy atom. The fourth-order valence-corrected chi connectivity index (χ4v) is 3.12. The van der Waals surface area contributed by atoms with Crippen LogP contribution in [0.1, 0.15) is 10.4 Å². The maximum absolute atomic E-state index is 12.6. The Morgan fingerprint density at radius 3 is 2.41 bits per heavy atom. The molecule has 1 N–H and O–H groups in total. The molecule has 0 bridgehead atoms. The Bertz CT molecular complexity index is 1090. The summed E-state index contributed by atoms with van der Waals surface area (Å²) in [5.74, 6) is 0.618. The van der Waals surface area contributed by atoms with Crippen LogP contribution in [-0.4, -0.2) is 16.0 Å². The van der Waals surface area contributed by atoms with E-state index < -0.39 is 0 Å². The molecule has 5 nitrogen and oxygen atoms in total. The number of amides is 1. The zero-order chi connectivity index (χ0) is 18.6. The van der Waals surface area contributed by atoms with E-state index >= 15 is 0 Å². The first-order chi connectivity index (χ1) is 13.2. The van der Waals surface area contributed by atoms with Crippen molar-refractivity contribution in [2.45, 2.75) is 0 Å². The Hall–Kier alpha value is -3.25. The monoisotopic (exact) mass is 419 g/mol. The molecule has 4 rings (SSSR count). The van der Waals surface area contributed by atoms with Gasteiger partial charge in [0.15, 0.2) is 0 Å². The Morgan fingerprint density at radius 2 is 1.59 bits per heavy atom. The molecule has 0 unspecified atom stereocenters. The lowest BCUT2D eigenvalue weighted by Crippen LogP contribution is -2.13. The van der Waals surface area contributed by atoms with Crippen LogP contribution in [0.2, 0.25) is 0 Å². The van der Waals surface area contributed by atoms with Gasteiger partial charge in [-0.1, -0.05) is 59.8 Å². The lowest BCUT2D eigenvalue weighted by Gasteiger charge is -2.09. The van der Waals surface area contributed by atoms with Gasteiger partial charge in [-0.25, -0.2) is 0 Å². The number of carbonyl (C=O) groups excluding carboxylic acids is 1. The van der Waals surface area contributed by atoms with Crippen LogP contribution in [0.15, 0.2) is 87.9 Å². The molecule has 132 valence electrons. The molecule has 0 spiro atoms. The second-order valence-corrected chi connectivity index (χ2v) is 6.62. The van der Waals surface area contributed by atoms with Gasteiger partial charge in [-0.3, -0.25) is 4.79 Å². The Labute approximate surface area is 164 Å². The number of rotatable bonds is 4. The molecular formula is C21H14BrN3O2. The number of benzene rings is 3. The molecule has 4 aromatic rings. The predicted octanol–water partition coefficient (Wildman–Crippen LogP) is 5.42. The average Bonchev–Trinajstić information content (AvgIpc) is 3.19. The van der Waals surface area contributed by atoms with Gasteiger partial charge in [0.25, 0.3) is 11.8 Å². The van der Waals surface area contributed by atoms with Crippen molar-refractivity contribution in [1.29, 1.82) is 0 Å². The van der Waals surface area contributed by atoms with Crippen LogP contribution in [0, 0.1) is 0 Å². The van der Waals surface area contributed by atoms with E-state index in [1.807, 2.05) is 66.7 Å². The number of carbonyl (C=O) groups is 1. The molecule has 0 fully saturated rings. The number of anilines is 1. The molecule has 3 aromatic carbocycles. The van der Waals surface area contributed by atoms with Crippen LogP contribution in [-0.2, 0) is 0 Å². The highest BCUT2D eigenvalue weighted by atomic mass is 79.9. The second-order valence-electron chi connectivity index (χ2n) is 5.77. The van der Waals surface area contributed by atoms with Crippen LogP contribution in [0.4, 0.5) is 5.69 Å². The molecule has 0 saturated heterocycles. The fraction of sp³-hybridized carbons (Fsp3) is 0. The lowest BCUT2D eigenvalue weighted by atomic mass is 10.1. The van der Waals surface area contributed by atoms with Gasteiger partial charge in [0, 0.05) is 10.0 Å². The summed E-state index contributed by atoms with van der Waals surface area (Å²) in [6.07, 6.45) is 0. The number of para-hydroxylation sites is 1. The molecule has 27 heavy (non-hydrogen) atoms. The molecule has 0 saturated carbocycles. The van der Waals surface area contributed by atoms with E-state index in [-0.39, 0.29) is 5.91 Å². The van der Waals surface area contributed by atoms with Gasteiger partial charge in [-0.05, 0) is 40.2 Å². The van der Waals surface area contributed by atoms with Gasteiger partial charge in [0.2, 0.25) is 5.82 Å². The number of aromatic nitrogens is 2. The van der Waals surface area contributed by atoms with E-state index in [1.165, 1.54) is 0 Å². The maximum atomic E-state index is 12.6. The van der Waals surface area contributed by atoms with Crippen LogP contribution < -0.4 is 5.32 Å². The average molecular weight is 420 g/mol. The molecule has 1 aromatic heterocycles. The normalized spacial score (nSPS) is 10.6. The summed E-state index contributed by atoms with van der Waals surface area (Å²) in [6, 6.07) is 24.2. The quantitative estimate of drug-likeness (QED) is 0.479. The zero-order valence-electron chi connectivity index (χ0n) is 14.1. The summed E-state index contributed by atoms with van der Waals surface area (Å²) in [5, 5.41) is 6.97. The van der Waals surface area contributed by atoms with Crippen molar-refractivity contribution >= 4 is 27.5 Å². The molecular weight excluding hydrogens is 406 g/mol. The summed E-state index contributed by atoms with van der Waals surface area (Å²) in [7, 11) is 0. The molecule has 6 heteroatoms. The molecule has 0 atom stereocenters. The Kier molecular flexibility index (Phi) is 4.80. The van der Waals surface area contributed by atoms with Gasteiger partial charge in [-0.15, -0.1) is 0 Å². The van der Waals surface area contributed by atoms with Gasteiger partial charge in [-0.2, -0.15) is 4.98 Å². The van der Waals surface area contributed by atoms with Crippen molar-refractivity contribution in [3.63, 3.8) is 0 Å². The first-order valence-electron chi connectivity index (χ1n) is 8.27. The molecule has 0 aliphatic rings. The second kappa shape index (κ2) is 7.55. The number of halogens is 1. The largest absolute Gasteiger partial charge is 0.334 e. The standard InChI is InChI=1S/C21H14BrN3O2/c22-17-12-6-4-10-15(17)20(26)23-18-13-7-5-11-16(18)21-24-19(25-27-21)14-8-2-1-3-9-14/h1-13H,(H,23,26). The minimum absolute atomic E-state index is 0.224. The van der Waals surface area contributed by atoms with Crippen molar-refractivity contribution in [3.8, 4) is 22.8 Å². The summed E-state index contributed by atoms with van der Waals surface area (Å²) in [5.41, 5.74) is 2.67. The number of nitrogens with zero attached hydrogens (tertiary/aromatic N) is 2. The van der Waals surface area contributed by atoms with Crippen LogP contribution in [0.5, 0.6) is 0 Å². The highest BCUT2D eigenvalue weighted by molar-refractivity contribution is 9.10. The third-order valence-corrected chi connectivity index (χ3v) is 4.67. The molecule has 1 amide bonds. The van der Waals surface area contributed by atoms with E-state index in [0.717, 1.165) is 10.0 Å². The number of hydrogen-bond acceptors (Lipinski definition) is 4. The van der Waals surface area contributed by atoms with Gasteiger partial charge < -0.3 is 9.84 Å². The van der Waals surface area contributed by atoms with Crippen molar-refractivity contribution in [2.24, 2.45) is 0 Å². The third-order valence-electron chi connectivity index (χ3n) is 3.98. The van der Waals surface area contributed by atoms with E-state index in [2.05, 4.69) is 31.4 Å². The van der Waals surface area contributed by atoms with Crippen molar-refractivity contribution in [2.75, 3.05) is 5.32 Å². The van der Waals surface area contributed by atoms with Crippen molar-refractivity contribution in [1.82, 2.24) is 10.1 Å². The molecule has 0 aliphatic carbocycles. The predicted molar refractivity (Wildman–Crippen MR) is 107 cm³/mol. The van der Waals surface area contributed by atoms with E-state index in [1.54, 1.807) is 12.1 Å². The maximum Gasteiger partial charge on any atom is 0.260 e. The summed E-state index contributed by atoms with van der Waals surface area (Å²) in [6.45, 7) is 0. The highest BCUT2D eigenvalue weighted by Crippen LogP contribution is 2.29. The topological polar surface area (TPSA) is 68.0 Å². The molecule has 0 radical (unpaired) electrons. The van der Waals surface area contributed by atoms with E-state index in [9.17, 15) is 4.79 Å². The number of nitrogens with one attached hydrogen (secondary N) is 1. The highest BCUT2D eigenvalue weighted by Gasteiger charge is 2.16. The van der Waals surface area contributed by atoms with E-state index in [0.29, 0.717) is 28.5 Å². The van der Waals surface area contributed by atoms with Gasteiger partial charge in [0.1, 0.15) is 0 Å². The Balaban J connectivity index is 1.65. The lowest BCUT2D eigenvalue weighted by molar-refractivity contribution is 0.102. The molecule has 1 heterocycles. The van der Waals surface area contributed by atoms with Crippen molar-refractivity contribution < 1.29 is 9.32 Å². The third kappa shape index (κ3) is 3.66. The zero-order valence-corrected chi connectivity index (χ0v) is 15.7. The van der Waals surface area contributed by atoms with Crippen LogP contribution in [0.25, 0.3) is 22.8 Å². The minimum Gasteiger partial charge on any atom is -0.334 e. The van der Waals surface area contributed by atoms with Gasteiger partial charge >= 0.3 is 0 Å². The van der Waals surface area contributed by atoms with E-state index in [4.69, 9.17) is 4.52 Å². The smallest absolute Gasteiger partial charge is 0.260 e. The van der Waals surface area contributed by atoms with Crippen LogP contribution in [0.3, 0.4) is 0 Å². The first-order valence-corrected chi connectivity index (χ1v) is 9.06. The van der Waals surface area contributed by atoms with Gasteiger partial charge in [0.05, 0.1) is 16.8 Å².